The molecule has 0 amide bonds. The predicted octanol–water partition coefficient (Wildman–Crippen LogP) is 7.12. The van der Waals surface area contributed by atoms with Gasteiger partial charge in [-0.15, -0.1) is 11.3 Å². The van der Waals surface area contributed by atoms with Gasteiger partial charge in [0.15, 0.2) is 0 Å². The van der Waals surface area contributed by atoms with E-state index in [2.05, 4.69) is 82.0 Å². The topological polar surface area (TPSA) is 0 Å². The van der Waals surface area contributed by atoms with E-state index in [0.29, 0.717) is 0 Å². The Labute approximate surface area is 140 Å². The van der Waals surface area contributed by atoms with Gasteiger partial charge in [-0.2, -0.15) is 0 Å². The molecule has 1 heterocycles. The van der Waals surface area contributed by atoms with Crippen molar-refractivity contribution in [2.75, 3.05) is 0 Å². The predicted molar refractivity (Wildman–Crippen MR) is 102 cm³/mol. The maximum absolute atomic E-state index is 3.63. The fraction of sp³-hybridized carbons (Fsp3) is 0. The summed E-state index contributed by atoms with van der Waals surface area (Å²) >= 11 is 5.44. The molecule has 5 rings (SSSR count). The molecule has 0 fully saturated rings. The molecule has 1 aromatic heterocycles. The molecule has 0 spiro atoms. The third kappa shape index (κ3) is 1.68. The lowest BCUT2D eigenvalue weighted by molar-refractivity contribution is 1.74. The average Bonchev–Trinajstić information content (AvgIpc) is 3.02. The third-order valence-electron chi connectivity index (χ3n) is 4.38. The van der Waals surface area contributed by atoms with Crippen LogP contribution in [0.5, 0.6) is 0 Å². The molecular weight excluding hydrogens is 352 g/mol. The van der Waals surface area contributed by atoms with Crippen LogP contribution in [-0.2, 0) is 0 Å². The number of halogens is 1. The quantitative estimate of drug-likeness (QED) is 0.257. The zero-order chi connectivity index (χ0) is 14.7. The number of rotatable bonds is 0. The van der Waals surface area contributed by atoms with Crippen LogP contribution in [-0.4, -0.2) is 0 Å². The van der Waals surface area contributed by atoms with Crippen LogP contribution in [0.3, 0.4) is 0 Å². The van der Waals surface area contributed by atoms with E-state index in [0.717, 1.165) is 4.47 Å². The van der Waals surface area contributed by atoms with E-state index in [4.69, 9.17) is 0 Å². The van der Waals surface area contributed by atoms with Crippen molar-refractivity contribution in [2.24, 2.45) is 0 Å². The van der Waals surface area contributed by atoms with Gasteiger partial charge in [0, 0.05) is 14.6 Å². The molecule has 0 radical (unpaired) electrons. The van der Waals surface area contributed by atoms with Crippen molar-refractivity contribution in [2.45, 2.75) is 0 Å². The number of thiophene rings is 1. The minimum absolute atomic E-state index is 1.13. The van der Waals surface area contributed by atoms with Crippen molar-refractivity contribution < 1.29 is 0 Å². The molecule has 0 atom stereocenters. The zero-order valence-corrected chi connectivity index (χ0v) is 14.0. The molecule has 0 aliphatic heterocycles. The van der Waals surface area contributed by atoms with Crippen LogP contribution < -0.4 is 0 Å². The smallest absolute Gasteiger partial charge is 0.0349 e. The van der Waals surface area contributed by atoms with Crippen molar-refractivity contribution in [3.8, 4) is 0 Å². The van der Waals surface area contributed by atoms with E-state index in [-0.39, 0.29) is 0 Å². The maximum Gasteiger partial charge on any atom is 0.0349 e. The van der Waals surface area contributed by atoms with Gasteiger partial charge >= 0.3 is 0 Å². The second-order valence-electron chi connectivity index (χ2n) is 5.59. The van der Waals surface area contributed by atoms with E-state index in [1.54, 1.807) is 0 Å². The van der Waals surface area contributed by atoms with Crippen LogP contribution in [0, 0.1) is 0 Å². The maximum atomic E-state index is 3.63. The molecule has 0 aliphatic rings. The highest BCUT2D eigenvalue weighted by Gasteiger charge is 2.09. The first-order chi connectivity index (χ1) is 10.8. The summed E-state index contributed by atoms with van der Waals surface area (Å²) in [7, 11) is 0. The molecule has 0 saturated carbocycles. The average molecular weight is 363 g/mol. The van der Waals surface area contributed by atoms with Gasteiger partial charge in [-0.05, 0) is 62.0 Å². The molecule has 5 aromatic rings. The summed E-state index contributed by atoms with van der Waals surface area (Å²) < 4.78 is 2.48. The minimum atomic E-state index is 1.13. The highest BCUT2D eigenvalue weighted by molar-refractivity contribution is 9.10. The molecule has 0 saturated heterocycles. The van der Waals surface area contributed by atoms with E-state index in [1.807, 2.05) is 11.3 Å². The second kappa shape index (κ2) is 4.55. The summed E-state index contributed by atoms with van der Waals surface area (Å²) in [5.74, 6) is 0. The van der Waals surface area contributed by atoms with Gasteiger partial charge in [0.1, 0.15) is 0 Å². The normalized spacial score (nSPS) is 11.9. The number of hydrogen-bond donors (Lipinski definition) is 0. The Kier molecular flexibility index (Phi) is 2.61. The lowest BCUT2D eigenvalue weighted by atomic mass is 9.95. The monoisotopic (exact) mass is 362 g/mol. The molecule has 0 aliphatic carbocycles. The Morgan fingerprint density at radius 2 is 1.27 bits per heavy atom. The Bertz CT molecular complexity index is 1180. The molecule has 22 heavy (non-hydrogen) atoms. The first-order valence-corrected chi connectivity index (χ1v) is 8.89. The van der Waals surface area contributed by atoms with Gasteiger partial charge in [-0.3, -0.25) is 0 Å². The summed E-state index contributed by atoms with van der Waals surface area (Å²) in [6.07, 6.45) is 0. The Balaban J connectivity index is 2.19. The van der Waals surface area contributed by atoms with Crippen LogP contribution in [0.2, 0.25) is 0 Å². The molecule has 0 bridgehead atoms. The molecule has 4 aromatic carbocycles. The van der Waals surface area contributed by atoms with E-state index < -0.39 is 0 Å². The van der Waals surface area contributed by atoms with Gasteiger partial charge in [0.25, 0.3) is 0 Å². The van der Waals surface area contributed by atoms with Crippen LogP contribution in [0.4, 0.5) is 0 Å². The van der Waals surface area contributed by atoms with Crippen molar-refractivity contribution in [3.05, 3.63) is 70.5 Å². The largest absolute Gasteiger partial charge is 0.144 e. The zero-order valence-electron chi connectivity index (χ0n) is 11.6. The van der Waals surface area contributed by atoms with E-state index in [9.17, 15) is 0 Å². The van der Waals surface area contributed by atoms with Crippen LogP contribution >= 0.6 is 27.3 Å². The molecule has 2 heteroatoms. The standard InChI is InChI=1S/C20H11BrS/c21-15-7-5-12-1-2-13-3-4-14-6-8-18-16(9-10-22-18)19(14)20(13)17(12)11-15/h1-11H. The van der Waals surface area contributed by atoms with Gasteiger partial charge in [-0.25, -0.2) is 0 Å². The highest BCUT2D eigenvalue weighted by Crippen LogP contribution is 2.38. The third-order valence-corrected chi connectivity index (χ3v) is 5.75. The van der Waals surface area contributed by atoms with E-state index >= 15 is 0 Å². The van der Waals surface area contributed by atoms with Gasteiger partial charge in [-0.1, -0.05) is 52.3 Å². The molecule has 0 nitrogen and oxygen atoms in total. The molecular formula is C20H11BrS. The Morgan fingerprint density at radius 3 is 2.09 bits per heavy atom. The lowest BCUT2D eigenvalue weighted by Gasteiger charge is -2.09. The second-order valence-corrected chi connectivity index (χ2v) is 7.45. The first kappa shape index (κ1) is 12.6. The molecule has 0 N–H and O–H groups in total. The van der Waals surface area contributed by atoms with Crippen LogP contribution in [0.1, 0.15) is 0 Å². The van der Waals surface area contributed by atoms with Gasteiger partial charge < -0.3 is 0 Å². The summed E-state index contributed by atoms with van der Waals surface area (Å²) in [5, 5.41) is 11.5. The Hall–Kier alpha value is -1.90. The van der Waals surface area contributed by atoms with Crippen LogP contribution in [0.15, 0.2) is 70.5 Å². The van der Waals surface area contributed by atoms with Crippen molar-refractivity contribution in [1.82, 2.24) is 0 Å². The number of benzene rings is 4. The van der Waals surface area contributed by atoms with Crippen molar-refractivity contribution in [1.29, 1.82) is 0 Å². The summed E-state index contributed by atoms with van der Waals surface area (Å²) in [4.78, 5) is 0. The van der Waals surface area contributed by atoms with Crippen molar-refractivity contribution in [3.63, 3.8) is 0 Å². The summed E-state index contributed by atoms with van der Waals surface area (Å²) in [5.41, 5.74) is 0. The lowest BCUT2D eigenvalue weighted by Crippen LogP contribution is -1.82. The van der Waals surface area contributed by atoms with Crippen molar-refractivity contribution >= 4 is 69.7 Å². The minimum Gasteiger partial charge on any atom is -0.144 e. The SMILES string of the molecule is Brc1ccc2ccc3ccc4ccc5sccc5c4c3c2c1. The first-order valence-electron chi connectivity index (χ1n) is 7.22. The molecule has 104 valence electrons. The number of hydrogen-bond acceptors (Lipinski definition) is 1. The fourth-order valence-corrected chi connectivity index (χ4v) is 4.54. The molecule has 0 unspecified atom stereocenters. The number of fused-ring (bicyclic) bond motifs is 7. The van der Waals surface area contributed by atoms with Crippen LogP contribution in [0.25, 0.3) is 42.4 Å². The fourth-order valence-electron chi connectivity index (χ4n) is 3.38. The van der Waals surface area contributed by atoms with Gasteiger partial charge in [0.05, 0.1) is 0 Å². The summed E-state index contributed by atoms with van der Waals surface area (Å²) in [6, 6.07) is 22.2. The highest BCUT2D eigenvalue weighted by atomic mass is 79.9. The Morgan fingerprint density at radius 1 is 0.636 bits per heavy atom. The van der Waals surface area contributed by atoms with Gasteiger partial charge in [0.2, 0.25) is 0 Å². The van der Waals surface area contributed by atoms with E-state index in [1.165, 1.54) is 42.4 Å². The summed E-state index contributed by atoms with van der Waals surface area (Å²) in [6.45, 7) is 0.